The highest BCUT2D eigenvalue weighted by atomic mass is 16.1. The fourth-order valence-electron chi connectivity index (χ4n) is 3.85. The Morgan fingerprint density at radius 1 is 1.10 bits per heavy atom. The summed E-state index contributed by atoms with van der Waals surface area (Å²) in [4.78, 5) is 19.4. The van der Waals surface area contributed by atoms with Crippen LogP contribution in [0.25, 0.3) is 11.4 Å². The van der Waals surface area contributed by atoms with E-state index in [9.17, 15) is 4.79 Å². The monoisotopic (exact) mass is 389 g/mol. The second kappa shape index (κ2) is 7.79. The van der Waals surface area contributed by atoms with Gasteiger partial charge in [0.25, 0.3) is 5.91 Å². The zero-order chi connectivity index (χ0) is 20.4. The van der Waals surface area contributed by atoms with Crippen LogP contribution in [0.1, 0.15) is 35.3 Å². The Kier molecular flexibility index (Phi) is 5.20. The molecule has 0 spiro atoms. The van der Waals surface area contributed by atoms with Crippen LogP contribution < -0.4 is 5.32 Å². The van der Waals surface area contributed by atoms with E-state index in [-0.39, 0.29) is 11.4 Å². The van der Waals surface area contributed by atoms with Crippen LogP contribution in [0.2, 0.25) is 0 Å². The van der Waals surface area contributed by atoms with Crippen molar-refractivity contribution in [2.24, 2.45) is 7.05 Å². The lowest BCUT2D eigenvalue weighted by atomic mass is 9.94. The van der Waals surface area contributed by atoms with Crippen LogP contribution in [0.4, 0.5) is 0 Å². The molecule has 1 amide bonds. The van der Waals surface area contributed by atoms with Crippen molar-refractivity contribution >= 4 is 5.91 Å². The minimum Gasteiger partial charge on any atom is -0.350 e. The van der Waals surface area contributed by atoms with Crippen molar-refractivity contribution in [1.29, 1.82) is 0 Å². The maximum absolute atomic E-state index is 12.7. The van der Waals surface area contributed by atoms with Crippen molar-refractivity contribution in [1.82, 2.24) is 25.0 Å². The van der Waals surface area contributed by atoms with E-state index in [4.69, 9.17) is 0 Å². The average molecular weight is 390 g/mol. The molecule has 1 aromatic heterocycles. The van der Waals surface area contributed by atoms with E-state index in [2.05, 4.69) is 58.4 Å². The standard InChI is InChI=1S/C23H27N5O/c1-23(2,28-13-12-17-6-4-5-7-20(17)14-28)15-24-22(29)19-10-8-18(9-11-19)21-25-16-26-27(21)3/h4-11,16H,12-15H2,1-3H3,(H,24,29). The van der Waals surface area contributed by atoms with Crippen molar-refractivity contribution in [3.63, 3.8) is 0 Å². The van der Waals surface area contributed by atoms with Crippen LogP contribution >= 0.6 is 0 Å². The zero-order valence-corrected chi connectivity index (χ0v) is 17.2. The molecule has 0 atom stereocenters. The van der Waals surface area contributed by atoms with Gasteiger partial charge in [0.15, 0.2) is 5.82 Å². The summed E-state index contributed by atoms with van der Waals surface area (Å²) in [6.45, 7) is 6.91. The molecule has 150 valence electrons. The minimum atomic E-state index is -0.123. The lowest BCUT2D eigenvalue weighted by Crippen LogP contribution is -2.53. The number of nitrogens with one attached hydrogen (secondary N) is 1. The molecule has 0 aliphatic carbocycles. The number of rotatable bonds is 5. The molecule has 2 aromatic carbocycles. The average Bonchev–Trinajstić information content (AvgIpc) is 3.17. The summed E-state index contributed by atoms with van der Waals surface area (Å²) in [5.41, 5.74) is 4.29. The molecule has 1 aliphatic heterocycles. The smallest absolute Gasteiger partial charge is 0.251 e. The molecule has 1 N–H and O–H groups in total. The first-order valence-electron chi connectivity index (χ1n) is 9.98. The fraction of sp³-hybridized carbons (Fsp3) is 0.348. The topological polar surface area (TPSA) is 63.1 Å². The Bertz CT molecular complexity index is 1010. The first kappa shape index (κ1) is 19.3. The van der Waals surface area contributed by atoms with Crippen molar-refractivity contribution in [2.75, 3.05) is 13.1 Å². The SMILES string of the molecule is Cn1ncnc1-c1ccc(C(=O)NCC(C)(C)N2CCc3ccccc3C2)cc1. The quantitative estimate of drug-likeness (QED) is 0.729. The Morgan fingerprint density at radius 3 is 2.52 bits per heavy atom. The molecule has 0 bridgehead atoms. The molecule has 0 saturated heterocycles. The molecule has 3 aromatic rings. The van der Waals surface area contributed by atoms with Crippen LogP contribution in [0.3, 0.4) is 0 Å². The molecule has 29 heavy (non-hydrogen) atoms. The predicted molar refractivity (Wildman–Crippen MR) is 113 cm³/mol. The summed E-state index contributed by atoms with van der Waals surface area (Å²) >= 11 is 0. The molecular weight excluding hydrogens is 362 g/mol. The number of benzene rings is 2. The molecular formula is C23H27N5O. The Hall–Kier alpha value is -2.99. The first-order valence-corrected chi connectivity index (χ1v) is 9.98. The molecule has 1 aliphatic rings. The number of carbonyl (C=O) groups excluding carboxylic acids is 1. The van der Waals surface area contributed by atoms with Gasteiger partial charge in [0, 0.05) is 43.3 Å². The van der Waals surface area contributed by atoms with Gasteiger partial charge in [-0.1, -0.05) is 36.4 Å². The van der Waals surface area contributed by atoms with Gasteiger partial charge in [0.1, 0.15) is 6.33 Å². The Morgan fingerprint density at radius 2 is 1.83 bits per heavy atom. The van der Waals surface area contributed by atoms with E-state index in [1.54, 1.807) is 4.68 Å². The number of carbonyl (C=O) groups is 1. The van der Waals surface area contributed by atoms with Gasteiger partial charge in [-0.05, 0) is 43.5 Å². The van der Waals surface area contributed by atoms with Gasteiger partial charge >= 0.3 is 0 Å². The normalized spacial score (nSPS) is 14.4. The van der Waals surface area contributed by atoms with Gasteiger partial charge in [-0.15, -0.1) is 0 Å². The van der Waals surface area contributed by atoms with Crippen molar-refractivity contribution in [3.8, 4) is 11.4 Å². The summed E-state index contributed by atoms with van der Waals surface area (Å²) in [5.74, 6) is 0.725. The predicted octanol–water partition coefficient (Wildman–Crippen LogP) is 3.05. The van der Waals surface area contributed by atoms with Gasteiger partial charge in [-0.25, -0.2) is 9.67 Å². The molecule has 0 saturated carbocycles. The van der Waals surface area contributed by atoms with Gasteiger partial charge in [0.05, 0.1) is 0 Å². The maximum Gasteiger partial charge on any atom is 0.251 e. The van der Waals surface area contributed by atoms with E-state index in [0.29, 0.717) is 12.1 Å². The maximum atomic E-state index is 12.7. The van der Waals surface area contributed by atoms with Gasteiger partial charge in [0.2, 0.25) is 0 Å². The van der Waals surface area contributed by atoms with Crippen LogP contribution in [-0.4, -0.2) is 44.2 Å². The van der Waals surface area contributed by atoms with E-state index in [0.717, 1.165) is 30.9 Å². The van der Waals surface area contributed by atoms with Crippen LogP contribution in [0.5, 0.6) is 0 Å². The molecule has 0 radical (unpaired) electrons. The second-order valence-electron chi connectivity index (χ2n) is 8.22. The van der Waals surface area contributed by atoms with Crippen molar-refractivity contribution < 1.29 is 4.79 Å². The van der Waals surface area contributed by atoms with Crippen molar-refractivity contribution in [2.45, 2.75) is 32.4 Å². The highest BCUT2D eigenvalue weighted by Gasteiger charge is 2.30. The lowest BCUT2D eigenvalue weighted by molar-refractivity contribution is 0.0826. The van der Waals surface area contributed by atoms with E-state index in [1.165, 1.54) is 17.5 Å². The zero-order valence-electron chi connectivity index (χ0n) is 17.2. The summed E-state index contributed by atoms with van der Waals surface area (Å²) in [7, 11) is 1.85. The summed E-state index contributed by atoms with van der Waals surface area (Å²) < 4.78 is 1.72. The fourth-order valence-corrected chi connectivity index (χ4v) is 3.85. The lowest BCUT2D eigenvalue weighted by Gasteiger charge is -2.41. The number of fused-ring (bicyclic) bond motifs is 1. The third-order valence-corrected chi connectivity index (χ3v) is 5.78. The molecule has 2 heterocycles. The van der Waals surface area contributed by atoms with Crippen LogP contribution in [0.15, 0.2) is 54.9 Å². The highest BCUT2D eigenvalue weighted by Crippen LogP contribution is 2.25. The summed E-state index contributed by atoms with van der Waals surface area (Å²) in [5, 5.41) is 7.20. The number of aryl methyl sites for hydroxylation is 1. The Labute approximate surface area is 171 Å². The molecule has 6 heteroatoms. The molecule has 4 rings (SSSR count). The first-order chi connectivity index (χ1) is 13.9. The minimum absolute atomic E-state index is 0.0556. The number of hydrogen-bond donors (Lipinski definition) is 1. The molecule has 6 nitrogen and oxygen atoms in total. The van der Waals surface area contributed by atoms with E-state index >= 15 is 0 Å². The van der Waals surface area contributed by atoms with E-state index in [1.807, 2.05) is 31.3 Å². The molecule has 0 fully saturated rings. The summed E-state index contributed by atoms with van der Waals surface area (Å²) in [6.07, 6.45) is 2.58. The number of nitrogens with zero attached hydrogens (tertiary/aromatic N) is 4. The summed E-state index contributed by atoms with van der Waals surface area (Å²) in [6, 6.07) is 16.1. The third kappa shape index (κ3) is 4.07. The number of aromatic nitrogens is 3. The number of amides is 1. The molecule has 0 unspecified atom stereocenters. The van der Waals surface area contributed by atoms with Gasteiger partial charge < -0.3 is 5.32 Å². The second-order valence-corrected chi connectivity index (χ2v) is 8.22. The van der Waals surface area contributed by atoms with Gasteiger partial charge in [-0.3, -0.25) is 9.69 Å². The highest BCUT2D eigenvalue weighted by molar-refractivity contribution is 5.94. The van der Waals surface area contributed by atoms with Crippen molar-refractivity contribution in [3.05, 3.63) is 71.5 Å². The Balaban J connectivity index is 1.38. The van der Waals surface area contributed by atoms with Crippen LogP contribution in [-0.2, 0) is 20.0 Å². The van der Waals surface area contributed by atoms with Gasteiger partial charge in [-0.2, -0.15) is 5.10 Å². The number of hydrogen-bond acceptors (Lipinski definition) is 4. The third-order valence-electron chi connectivity index (χ3n) is 5.78. The van der Waals surface area contributed by atoms with E-state index < -0.39 is 0 Å². The largest absolute Gasteiger partial charge is 0.350 e. The van der Waals surface area contributed by atoms with Crippen LogP contribution in [0, 0.1) is 0 Å².